The monoisotopic (exact) mass is 235 g/mol. The molecule has 16 heavy (non-hydrogen) atoms. The van der Waals surface area contributed by atoms with Crippen molar-refractivity contribution in [1.29, 1.82) is 0 Å². The van der Waals surface area contributed by atoms with E-state index < -0.39 is 0 Å². The van der Waals surface area contributed by atoms with Gasteiger partial charge in [0.1, 0.15) is 0 Å². The van der Waals surface area contributed by atoms with E-state index in [2.05, 4.69) is 50.0 Å². The average Bonchev–Trinajstić information content (AvgIpc) is 2.34. The summed E-state index contributed by atoms with van der Waals surface area (Å²) in [5.41, 5.74) is 1.36. The van der Waals surface area contributed by atoms with Crippen LogP contribution in [0.25, 0.3) is 0 Å². The molecular formula is C14H21NS. The van der Waals surface area contributed by atoms with Crippen molar-refractivity contribution in [3.05, 3.63) is 42.5 Å². The Labute approximate surface area is 103 Å². The van der Waals surface area contributed by atoms with Crippen LogP contribution in [0.1, 0.15) is 31.9 Å². The molecule has 0 amide bonds. The highest BCUT2D eigenvalue weighted by molar-refractivity contribution is 7.99. The molecule has 0 aliphatic rings. The number of thioether (sulfide) groups is 1. The molecule has 0 aromatic heterocycles. The molecular weight excluding hydrogens is 214 g/mol. The first-order valence-corrected chi connectivity index (χ1v) is 6.83. The second kappa shape index (κ2) is 7.53. The quantitative estimate of drug-likeness (QED) is 0.566. The minimum Gasteiger partial charge on any atom is -0.310 e. The van der Waals surface area contributed by atoms with Crippen molar-refractivity contribution in [2.24, 2.45) is 0 Å². The third kappa shape index (κ3) is 4.42. The Bertz CT molecular complexity index is 305. The van der Waals surface area contributed by atoms with Crippen molar-refractivity contribution in [3.8, 4) is 0 Å². The SMILES string of the molecule is C=CCSc1ccc(C(C)NCCC)cc1. The van der Waals surface area contributed by atoms with E-state index in [9.17, 15) is 0 Å². The summed E-state index contributed by atoms with van der Waals surface area (Å²) in [6, 6.07) is 9.23. The number of benzene rings is 1. The Hall–Kier alpha value is -0.730. The lowest BCUT2D eigenvalue weighted by Crippen LogP contribution is -2.19. The zero-order valence-corrected chi connectivity index (χ0v) is 11.0. The van der Waals surface area contributed by atoms with E-state index in [1.54, 1.807) is 0 Å². The van der Waals surface area contributed by atoms with Crippen molar-refractivity contribution < 1.29 is 0 Å². The molecule has 1 unspecified atom stereocenters. The minimum atomic E-state index is 0.443. The fourth-order valence-electron chi connectivity index (χ4n) is 1.49. The maximum atomic E-state index is 3.72. The lowest BCUT2D eigenvalue weighted by Gasteiger charge is -2.13. The lowest BCUT2D eigenvalue weighted by molar-refractivity contribution is 0.570. The molecule has 0 heterocycles. The highest BCUT2D eigenvalue weighted by atomic mass is 32.2. The Morgan fingerprint density at radius 1 is 1.38 bits per heavy atom. The van der Waals surface area contributed by atoms with Crippen LogP contribution in [0.5, 0.6) is 0 Å². The molecule has 1 aromatic rings. The predicted molar refractivity (Wildman–Crippen MR) is 74.1 cm³/mol. The van der Waals surface area contributed by atoms with Crippen molar-refractivity contribution >= 4 is 11.8 Å². The summed E-state index contributed by atoms with van der Waals surface area (Å²) in [5, 5.41) is 3.49. The van der Waals surface area contributed by atoms with Gasteiger partial charge in [0.2, 0.25) is 0 Å². The summed E-state index contributed by atoms with van der Waals surface area (Å²) >= 11 is 1.82. The van der Waals surface area contributed by atoms with Crippen LogP contribution >= 0.6 is 11.8 Å². The first-order chi connectivity index (χ1) is 7.77. The molecule has 1 N–H and O–H groups in total. The minimum absolute atomic E-state index is 0.443. The lowest BCUT2D eigenvalue weighted by atomic mass is 10.1. The van der Waals surface area contributed by atoms with E-state index in [0.717, 1.165) is 12.3 Å². The molecule has 1 rings (SSSR count). The predicted octanol–water partition coefficient (Wildman–Crippen LogP) is 4.03. The largest absolute Gasteiger partial charge is 0.310 e. The Morgan fingerprint density at radius 3 is 2.62 bits per heavy atom. The summed E-state index contributed by atoms with van der Waals surface area (Å²) in [6.07, 6.45) is 3.11. The third-order valence-electron chi connectivity index (χ3n) is 2.45. The summed E-state index contributed by atoms with van der Waals surface area (Å²) in [6.45, 7) is 9.20. The van der Waals surface area contributed by atoms with Gasteiger partial charge in [0, 0.05) is 16.7 Å². The normalized spacial score (nSPS) is 12.4. The molecule has 0 bridgehead atoms. The van der Waals surface area contributed by atoms with E-state index in [0.29, 0.717) is 6.04 Å². The van der Waals surface area contributed by atoms with Gasteiger partial charge in [0.25, 0.3) is 0 Å². The zero-order valence-electron chi connectivity index (χ0n) is 10.2. The standard InChI is InChI=1S/C14H21NS/c1-4-10-15-12(3)13-6-8-14(9-7-13)16-11-5-2/h5-9,12,15H,2,4,10-11H2,1,3H3. The smallest absolute Gasteiger partial charge is 0.0291 e. The van der Waals surface area contributed by atoms with Crippen LogP contribution in [0.2, 0.25) is 0 Å². The van der Waals surface area contributed by atoms with Crippen LogP contribution in [0, 0.1) is 0 Å². The molecule has 88 valence electrons. The molecule has 1 nitrogen and oxygen atoms in total. The maximum Gasteiger partial charge on any atom is 0.0291 e. The van der Waals surface area contributed by atoms with Crippen molar-refractivity contribution in [1.82, 2.24) is 5.32 Å². The van der Waals surface area contributed by atoms with E-state index in [-0.39, 0.29) is 0 Å². The zero-order chi connectivity index (χ0) is 11.8. The second-order valence-corrected chi connectivity index (χ2v) is 4.94. The number of hydrogen-bond acceptors (Lipinski definition) is 2. The fraction of sp³-hybridized carbons (Fsp3) is 0.429. The topological polar surface area (TPSA) is 12.0 Å². The van der Waals surface area contributed by atoms with Gasteiger partial charge in [-0.1, -0.05) is 25.1 Å². The molecule has 1 atom stereocenters. The van der Waals surface area contributed by atoms with Gasteiger partial charge in [0.15, 0.2) is 0 Å². The summed E-state index contributed by atoms with van der Waals surface area (Å²) in [7, 11) is 0. The van der Waals surface area contributed by atoms with Gasteiger partial charge in [0.05, 0.1) is 0 Å². The molecule has 0 aliphatic carbocycles. The number of rotatable bonds is 7. The molecule has 0 saturated heterocycles. The highest BCUT2D eigenvalue weighted by Gasteiger charge is 2.03. The van der Waals surface area contributed by atoms with E-state index in [4.69, 9.17) is 0 Å². The third-order valence-corrected chi connectivity index (χ3v) is 3.46. The maximum absolute atomic E-state index is 3.72. The van der Waals surface area contributed by atoms with Crippen LogP contribution in [-0.2, 0) is 0 Å². The summed E-state index contributed by atoms with van der Waals surface area (Å²) in [4.78, 5) is 1.31. The van der Waals surface area contributed by atoms with Gasteiger partial charge in [-0.15, -0.1) is 18.3 Å². The van der Waals surface area contributed by atoms with E-state index in [1.165, 1.54) is 16.9 Å². The molecule has 1 aromatic carbocycles. The molecule has 0 saturated carbocycles. The van der Waals surface area contributed by atoms with Crippen molar-refractivity contribution in [3.63, 3.8) is 0 Å². The van der Waals surface area contributed by atoms with Gasteiger partial charge in [-0.05, 0) is 37.6 Å². The Balaban J connectivity index is 2.52. The van der Waals surface area contributed by atoms with Crippen molar-refractivity contribution in [2.75, 3.05) is 12.3 Å². The number of nitrogens with one attached hydrogen (secondary N) is 1. The number of hydrogen-bond donors (Lipinski definition) is 1. The van der Waals surface area contributed by atoms with Crippen LogP contribution < -0.4 is 5.32 Å². The molecule has 0 radical (unpaired) electrons. The van der Waals surface area contributed by atoms with Gasteiger partial charge in [-0.3, -0.25) is 0 Å². The van der Waals surface area contributed by atoms with E-state index in [1.807, 2.05) is 17.8 Å². The molecule has 0 aliphatic heterocycles. The second-order valence-electron chi connectivity index (χ2n) is 3.84. The highest BCUT2D eigenvalue weighted by Crippen LogP contribution is 2.20. The van der Waals surface area contributed by atoms with Gasteiger partial charge in [-0.2, -0.15) is 0 Å². The van der Waals surface area contributed by atoms with Crippen LogP contribution in [-0.4, -0.2) is 12.3 Å². The van der Waals surface area contributed by atoms with Crippen LogP contribution in [0.4, 0.5) is 0 Å². The molecule has 0 fully saturated rings. The van der Waals surface area contributed by atoms with Gasteiger partial charge < -0.3 is 5.32 Å². The van der Waals surface area contributed by atoms with Gasteiger partial charge >= 0.3 is 0 Å². The first-order valence-electron chi connectivity index (χ1n) is 5.85. The molecule has 2 heteroatoms. The molecule has 0 spiro atoms. The Morgan fingerprint density at radius 2 is 2.06 bits per heavy atom. The van der Waals surface area contributed by atoms with Crippen LogP contribution in [0.3, 0.4) is 0 Å². The van der Waals surface area contributed by atoms with Gasteiger partial charge in [-0.25, -0.2) is 0 Å². The van der Waals surface area contributed by atoms with E-state index >= 15 is 0 Å². The van der Waals surface area contributed by atoms with Crippen molar-refractivity contribution in [2.45, 2.75) is 31.2 Å². The first kappa shape index (κ1) is 13.3. The van der Waals surface area contributed by atoms with Crippen LogP contribution in [0.15, 0.2) is 41.8 Å². The fourth-order valence-corrected chi connectivity index (χ4v) is 2.13. The summed E-state index contributed by atoms with van der Waals surface area (Å²) in [5.74, 6) is 0.975. The average molecular weight is 235 g/mol. The summed E-state index contributed by atoms with van der Waals surface area (Å²) < 4.78 is 0. The Kier molecular flexibility index (Phi) is 6.27.